The Bertz CT molecular complexity index is 430. The second kappa shape index (κ2) is 4.49. The van der Waals surface area contributed by atoms with Crippen LogP contribution in [0.5, 0.6) is 0 Å². The molecular formula is C11H15N3S. The molecule has 15 heavy (non-hydrogen) atoms. The van der Waals surface area contributed by atoms with Gasteiger partial charge in [0.15, 0.2) is 5.13 Å². The molecule has 0 unspecified atom stereocenters. The third-order valence-corrected chi connectivity index (χ3v) is 3.34. The van der Waals surface area contributed by atoms with Crippen LogP contribution in [-0.2, 0) is 20.0 Å². The van der Waals surface area contributed by atoms with Gasteiger partial charge < -0.3 is 9.88 Å². The van der Waals surface area contributed by atoms with Crippen molar-refractivity contribution in [2.75, 3.05) is 5.32 Å². The fourth-order valence-corrected chi connectivity index (χ4v) is 2.14. The minimum absolute atomic E-state index is 0.845. The average molecular weight is 221 g/mol. The summed E-state index contributed by atoms with van der Waals surface area (Å²) in [7, 11) is 2.03. The van der Waals surface area contributed by atoms with E-state index in [9.17, 15) is 0 Å². The van der Waals surface area contributed by atoms with Crippen molar-refractivity contribution in [3.8, 4) is 0 Å². The topological polar surface area (TPSA) is 29.9 Å². The normalized spacial score (nSPS) is 10.5. The fourth-order valence-electron chi connectivity index (χ4n) is 1.40. The molecule has 0 aromatic carbocycles. The predicted molar refractivity (Wildman–Crippen MR) is 64.2 cm³/mol. The molecule has 0 atom stereocenters. The van der Waals surface area contributed by atoms with Crippen molar-refractivity contribution in [2.24, 2.45) is 7.05 Å². The van der Waals surface area contributed by atoms with Crippen LogP contribution in [0.15, 0.2) is 24.7 Å². The van der Waals surface area contributed by atoms with E-state index in [1.165, 1.54) is 10.4 Å². The van der Waals surface area contributed by atoms with Crippen LogP contribution < -0.4 is 5.32 Å². The number of nitrogens with zero attached hydrogens (tertiary/aromatic N) is 2. The van der Waals surface area contributed by atoms with Crippen molar-refractivity contribution in [1.29, 1.82) is 0 Å². The Labute approximate surface area is 93.8 Å². The van der Waals surface area contributed by atoms with E-state index in [2.05, 4.69) is 40.3 Å². The Balaban J connectivity index is 1.93. The van der Waals surface area contributed by atoms with Crippen LogP contribution in [0.25, 0.3) is 0 Å². The fraction of sp³-hybridized carbons (Fsp3) is 0.364. The lowest BCUT2D eigenvalue weighted by atomic mass is 10.3. The van der Waals surface area contributed by atoms with E-state index in [0.717, 1.165) is 18.1 Å². The second-order valence-corrected chi connectivity index (χ2v) is 4.64. The molecule has 0 aliphatic rings. The quantitative estimate of drug-likeness (QED) is 0.860. The van der Waals surface area contributed by atoms with Crippen molar-refractivity contribution in [2.45, 2.75) is 19.9 Å². The first-order valence-corrected chi connectivity index (χ1v) is 5.89. The molecule has 0 spiro atoms. The van der Waals surface area contributed by atoms with Gasteiger partial charge >= 0.3 is 0 Å². The third kappa shape index (κ3) is 2.59. The molecule has 2 aromatic rings. The van der Waals surface area contributed by atoms with Crippen LogP contribution in [0.3, 0.4) is 0 Å². The van der Waals surface area contributed by atoms with E-state index in [1.807, 2.05) is 13.2 Å². The number of thiazole rings is 1. The lowest BCUT2D eigenvalue weighted by molar-refractivity contribution is 0.920. The molecular weight excluding hydrogens is 206 g/mol. The summed E-state index contributed by atoms with van der Waals surface area (Å²) in [6.07, 6.45) is 7.17. The Morgan fingerprint density at radius 2 is 2.40 bits per heavy atom. The number of aryl methyl sites for hydroxylation is 2. The largest absolute Gasteiger partial charge is 0.357 e. The molecule has 2 rings (SSSR count). The Morgan fingerprint density at radius 3 is 3.00 bits per heavy atom. The number of hydrogen-bond donors (Lipinski definition) is 1. The standard InChI is InChI=1S/C11H15N3S/c1-3-10-7-13-11(15-10)12-6-9-4-5-14(2)8-9/h4-5,7-8H,3,6H2,1-2H3,(H,12,13). The van der Waals surface area contributed by atoms with Gasteiger partial charge in [0.1, 0.15) is 0 Å². The average Bonchev–Trinajstić information content (AvgIpc) is 2.83. The van der Waals surface area contributed by atoms with E-state index in [4.69, 9.17) is 0 Å². The molecule has 3 nitrogen and oxygen atoms in total. The number of nitrogens with one attached hydrogen (secondary N) is 1. The van der Waals surface area contributed by atoms with Crippen molar-refractivity contribution in [3.63, 3.8) is 0 Å². The number of hydrogen-bond acceptors (Lipinski definition) is 3. The molecule has 0 aliphatic carbocycles. The van der Waals surface area contributed by atoms with Crippen molar-refractivity contribution in [1.82, 2.24) is 9.55 Å². The molecule has 2 heterocycles. The van der Waals surface area contributed by atoms with Gasteiger partial charge in [0.05, 0.1) is 0 Å². The summed E-state index contributed by atoms with van der Waals surface area (Å²) in [4.78, 5) is 5.63. The highest BCUT2D eigenvalue weighted by molar-refractivity contribution is 7.15. The molecule has 0 radical (unpaired) electrons. The molecule has 0 amide bonds. The summed E-state index contributed by atoms with van der Waals surface area (Å²) in [5.41, 5.74) is 1.28. The van der Waals surface area contributed by atoms with Crippen LogP contribution in [0.4, 0.5) is 5.13 Å². The van der Waals surface area contributed by atoms with Gasteiger partial charge in [-0.1, -0.05) is 6.92 Å². The summed E-state index contributed by atoms with van der Waals surface area (Å²) in [5, 5.41) is 4.33. The van der Waals surface area contributed by atoms with Gasteiger partial charge in [0.25, 0.3) is 0 Å². The van der Waals surface area contributed by atoms with Crippen LogP contribution >= 0.6 is 11.3 Å². The minimum atomic E-state index is 0.845. The number of anilines is 1. The smallest absolute Gasteiger partial charge is 0.183 e. The molecule has 0 saturated carbocycles. The Hall–Kier alpha value is -1.29. The maximum atomic E-state index is 4.31. The van der Waals surface area contributed by atoms with E-state index in [-0.39, 0.29) is 0 Å². The third-order valence-electron chi connectivity index (χ3n) is 2.24. The highest BCUT2D eigenvalue weighted by atomic mass is 32.1. The van der Waals surface area contributed by atoms with Gasteiger partial charge in [-0.05, 0) is 18.1 Å². The monoisotopic (exact) mass is 221 g/mol. The van der Waals surface area contributed by atoms with Crippen molar-refractivity contribution >= 4 is 16.5 Å². The molecule has 0 aliphatic heterocycles. The van der Waals surface area contributed by atoms with Crippen molar-refractivity contribution in [3.05, 3.63) is 35.1 Å². The van der Waals surface area contributed by atoms with E-state index in [0.29, 0.717) is 0 Å². The zero-order valence-electron chi connectivity index (χ0n) is 9.03. The molecule has 1 N–H and O–H groups in total. The zero-order chi connectivity index (χ0) is 10.7. The van der Waals surface area contributed by atoms with Crippen LogP contribution in [0.2, 0.25) is 0 Å². The molecule has 0 bridgehead atoms. The lowest BCUT2D eigenvalue weighted by Crippen LogP contribution is -1.97. The van der Waals surface area contributed by atoms with E-state index >= 15 is 0 Å². The summed E-state index contributed by atoms with van der Waals surface area (Å²) in [6.45, 7) is 2.99. The van der Waals surface area contributed by atoms with Gasteiger partial charge in [-0.25, -0.2) is 4.98 Å². The first kappa shape index (κ1) is 10.2. The number of aromatic nitrogens is 2. The van der Waals surface area contributed by atoms with Gasteiger partial charge in [-0.2, -0.15) is 0 Å². The summed E-state index contributed by atoms with van der Waals surface area (Å²) in [5.74, 6) is 0. The zero-order valence-corrected chi connectivity index (χ0v) is 9.84. The molecule has 0 fully saturated rings. The summed E-state index contributed by atoms with van der Waals surface area (Å²) < 4.78 is 2.05. The highest BCUT2D eigenvalue weighted by Crippen LogP contribution is 2.18. The predicted octanol–water partition coefficient (Wildman–Crippen LogP) is 2.66. The molecule has 4 heteroatoms. The summed E-state index contributed by atoms with van der Waals surface area (Å²) >= 11 is 1.73. The Kier molecular flexibility index (Phi) is 3.06. The maximum absolute atomic E-state index is 4.31. The molecule has 0 saturated heterocycles. The number of rotatable bonds is 4. The van der Waals surface area contributed by atoms with Crippen LogP contribution in [-0.4, -0.2) is 9.55 Å². The van der Waals surface area contributed by atoms with Crippen LogP contribution in [0.1, 0.15) is 17.4 Å². The summed E-state index contributed by atoms with van der Waals surface area (Å²) in [6, 6.07) is 2.11. The molecule has 80 valence electrons. The first-order valence-electron chi connectivity index (χ1n) is 5.07. The highest BCUT2D eigenvalue weighted by Gasteiger charge is 2.00. The minimum Gasteiger partial charge on any atom is -0.357 e. The SMILES string of the molecule is CCc1cnc(NCc2ccn(C)c2)s1. The second-order valence-electron chi connectivity index (χ2n) is 3.52. The van der Waals surface area contributed by atoms with Gasteiger partial charge in [-0.15, -0.1) is 11.3 Å². The maximum Gasteiger partial charge on any atom is 0.183 e. The first-order chi connectivity index (χ1) is 7.28. The van der Waals surface area contributed by atoms with Crippen molar-refractivity contribution < 1.29 is 0 Å². The van der Waals surface area contributed by atoms with E-state index in [1.54, 1.807) is 11.3 Å². The molecule has 2 aromatic heterocycles. The lowest BCUT2D eigenvalue weighted by Gasteiger charge is -1.98. The van der Waals surface area contributed by atoms with Gasteiger partial charge in [0, 0.05) is 37.1 Å². The Morgan fingerprint density at radius 1 is 1.53 bits per heavy atom. The van der Waals surface area contributed by atoms with Gasteiger partial charge in [0.2, 0.25) is 0 Å². The van der Waals surface area contributed by atoms with Crippen LogP contribution in [0, 0.1) is 0 Å². The van der Waals surface area contributed by atoms with Gasteiger partial charge in [-0.3, -0.25) is 0 Å². The van der Waals surface area contributed by atoms with E-state index < -0.39 is 0 Å².